The van der Waals surface area contributed by atoms with Gasteiger partial charge in [-0.15, -0.1) is 0 Å². The van der Waals surface area contributed by atoms with E-state index in [1.54, 1.807) is 0 Å². The van der Waals surface area contributed by atoms with E-state index in [9.17, 15) is 26.4 Å². The fourth-order valence-corrected chi connectivity index (χ4v) is 3.59. The molecule has 0 aliphatic rings. The van der Waals surface area contributed by atoms with Crippen LogP contribution in [0.4, 0.5) is 18.9 Å². The number of halogens is 3. The van der Waals surface area contributed by atoms with Crippen molar-refractivity contribution in [3.8, 4) is 11.8 Å². The van der Waals surface area contributed by atoms with Crippen molar-refractivity contribution in [1.29, 1.82) is 5.26 Å². The highest BCUT2D eigenvalue weighted by Gasteiger charge is 2.33. The number of amides is 1. The summed E-state index contributed by atoms with van der Waals surface area (Å²) < 4.78 is 64.5. The van der Waals surface area contributed by atoms with Crippen LogP contribution in [0.25, 0.3) is 5.69 Å². The van der Waals surface area contributed by atoms with Crippen LogP contribution in [0.1, 0.15) is 16.7 Å². The highest BCUT2D eigenvalue weighted by Crippen LogP contribution is 2.32. The van der Waals surface area contributed by atoms with E-state index in [-0.39, 0.29) is 22.5 Å². The molecule has 3 aromatic rings. The van der Waals surface area contributed by atoms with Gasteiger partial charge in [-0.1, -0.05) is 18.2 Å². The van der Waals surface area contributed by atoms with Crippen molar-refractivity contribution in [3.63, 3.8) is 0 Å². The van der Waals surface area contributed by atoms with Crippen LogP contribution in [0.3, 0.4) is 0 Å². The number of nitrogens with one attached hydrogen (secondary N) is 1. The number of nitriles is 1. The Hall–Kier alpha value is -3.69. The van der Waals surface area contributed by atoms with Crippen LogP contribution >= 0.6 is 0 Å². The molecule has 0 aliphatic carbocycles. The minimum Gasteiger partial charge on any atom is -0.326 e. The van der Waals surface area contributed by atoms with E-state index in [1.165, 1.54) is 42.7 Å². The lowest BCUT2D eigenvalue weighted by molar-refractivity contribution is -0.138. The second kappa shape index (κ2) is 8.21. The van der Waals surface area contributed by atoms with Gasteiger partial charge < -0.3 is 5.32 Å². The molecule has 3 rings (SSSR count). The molecule has 0 saturated heterocycles. The number of aromatic nitrogens is 2. The molecule has 0 atom stereocenters. The summed E-state index contributed by atoms with van der Waals surface area (Å²) in [5, 5.41) is 20.4. The van der Waals surface area contributed by atoms with Crippen LogP contribution in [-0.4, -0.2) is 24.1 Å². The number of anilines is 1. The van der Waals surface area contributed by atoms with Gasteiger partial charge in [0.25, 0.3) is 0 Å². The van der Waals surface area contributed by atoms with Crippen molar-refractivity contribution >= 4 is 21.6 Å². The van der Waals surface area contributed by atoms with E-state index in [2.05, 4.69) is 10.4 Å². The Balaban J connectivity index is 1.89. The summed E-state index contributed by atoms with van der Waals surface area (Å²) in [5.41, 5.74) is -0.936. The second-order valence-electron chi connectivity index (χ2n) is 6.39. The van der Waals surface area contributed by atoms with Gasteiger partial charge in [-0.3, -0.25) is 4.79 Å². The molecule has 0 saturated carbocycles. The molecular weight excluding hydrogens is 435 g/mol. The quantitative estimate of drug-likeness (QED) is 0.618. The Kier molecular flexibility index (Phi) is 5.83. The summed E-state index contributed by atoms with van der Waals surface area (Å²) in [6.45, 7) is 0. The van der Waals surface area contributed by atoms with Crippen molar-refractivity contribution in [3.05, 3.63) is 71.5 Å². The molecule has 0 aliphatic heterocycles. The first-order valence-corrected chi connectivity index (χ1v) is 10.1. The Labute approximate surface area is 174 Å². The molecule has 0 unspecified atom stereocenters. The van der Waals surface area contributed by atoms with Crippen LogP contribution in [0, 0.1) is 11.3 Å². The van der Waals surface area contributed by atoms with Crippen LogP contribution in [0.2, 0.25) is 0 Å². The molecular formula is C19H14F3N5O3S. The Morgan fingerprint density at radius 2 is 1.94 bits per heavy atom. The van der Waals surface area contributed by atoms with Gasteiger partial charge in [-0.25, -0.2) is 18.2 Å². The molecule has 160 valence electrons. The molecule has 1 aromatic heterocycles. The lowest BCUT2D eigenvalue weighted by Gasteiger charge is -2.14. The summed E-state index contributed by atoms with van der Waals surface area (Å²) in [7, 11) is -4.27. The topological polar surface area (TPSA) is 131 Å². The number of carbonyl (C=O) groups excluding carboxylic acids is 1. The third kappa shape index (κ3) is 5.08. The molecule has 0 bridgehead atoms. The Bertz CT molecular complexity index is 1290. The van der Waals surface area contributed by atoms with Gasteiger partial charge in [0.05, 0.1) is 29.4 Å². The third-order valence-corrected chi connectivity index (χ3v) is 5.12. The van der Waals surface area contributed by atoms with Crippen LogP contribution in [0.15, 0.2) is 59.8 Å². The van der Waals surface area contributed by atoms with Gasteiger partial charge in [-0.05, 0) is 29.8 Å². The fraction of sp³-hybridized carbons (Fsp3) is 0.105. The van der Waals surface area contributed by atoms with Gasteiger partial charge in [-0.2, -0.15) is 23.5 Å². The van der Waals surface area contributed by atoms with Crippen molar-refractivity contribution < 1.29 is 26.4 Å². The van der Waals surface area contributed by atoms with Crippen molar-refractivity contribution in [2.75, 3.05) is 5.32 Å². The third-order valence-electron chi connectivity index (χ3n) is 4.18. The molecule has 8 nitrogen and oxygen atoms in total. The number of nitrogens with two attached hydrogens (primary N) is 1. The first-order chi connectivity index (χ1) is 14.5. The normalized spacial score (nSPS) is 11.7. The van der Waals surface area contributed by atoms with E-state index in [1.807, 2.05) is 6.07 Å². The molecule has 31 heavy (non-hydrogen) atoms. The summed E-state index contributed by atoms with van der Waals surface area (Å²) in [6, 6.07) is 10.2. The zero-order chi connectivity index (χ0) is 22.8. The van der Waals surface area contributed by atoms with Gasteiger partial charge in [0.1, 0.15) is 11.0 Å². The van der Waals surface area contributed by atoms with Gasteiger partial charge >= 0.3 is 6.18 Å². The van der Waals surface area contributed by atoms with Gasteiger partial charge in [0.15, 0.2) is 0 Å². The average molecular weight is 449 g/mol. The lowest BCUT2D eigenvalue weighted by atomic mass is 10.0. The number of carbonyl (C=O) groups is 1. The standard InChI is InChI=1S/C19H14F3N5O3S/c20-19(21,22)15-4-2-1-3-13(15)7-18(28)26-14-5-6-16(17(8-14)31(24,29)30)27-11-12(9-23)10-25-27/h1-6,8,10-11H,7H2,(H,26,28)(H2,24,29,30). The monoisotopic (exact) mass is 449 g/mol. The number of nitrogens with zero attached hydrogens (tertiary/aromatic N) is 3. The van der Waals surface area contributed by atoms with Crippen molar-refractivity contribution in [2.45, 2.75) is 17.5 Å². The largest absolute Gasteiger partial charge is 0.416 e. The van der Waals surface area contributed by atoms with Crippen LogP contribution in [-0.2, 0) is 27.4 Å². The zero-order valence-electron chi connectivity index (χ0n) is 15.6. The number of alkyl halides is 3. The number of benzene rings is 2. The average Bonchev–Trinajstić information content (AvgIpc) is 3.16. The molecule has 2 aromatic carbocycles. The first-order valence-electron chi connectivity index (χ1n) is 8.56. The molecule has 3 N–H and O–H groups in total. The minimum atomic E-state index is -4.62. The van der Waals surface area contributed by atoms with Gasteiger partial charge in [0, 0.05) is 11.9 Å². The molecule has 12 heteroatoms. The van der Waals surface area contributed by atoms with E-state index in [4.69, 9.17) is 10.4 Å². The molecule has 1 heterocycles. The Morgan fingerprint density at radius 1 is 1.23 bits per heavy atom. The van der Waals surface area contributed by atoms with E-state index < -0.39 is 39.0 Å². The summed E-state index contributed by atoms with van der Waals surface area (Å²) >= 11 is 0. The summed E-state index contributed by atoms with van der Waals surface area (Å²) in [4.78, 5) is 11.9. The maximum absolute atomic E-state index is 13.1. The van der Waals surface area contributed by atoms with Crippen LogP contribution < -0.4 is 10.5 Å². The number of rotatable bonds is 5. The van der Waals surface area contributed by atoms with Crippen LogP contribution in [0.5, 0.6) is 0 Å². The predicted octanol–water partition coefficient (Wildman–Crippen LogP) is 2.59. The second-order valence-corrected chi connectivity index (χ2v) is 7.92. The maximum Gasteiger partial charge on any atom is 0.416 e. The zero-order valence-corrected chi connectivity index (χ0v) is 16.4. The summed E-state index contributed by atoms with van der Waals surface area (Å²) in [6.07, 6.45) is -2.69. The van der Waals surface area contributed by atoms with E-state index >= 15 is 0 Å². The highest BCUT2D eigenvalue weighted by atomic mass is 32.2. The fourth-order valence-electron chi connectivity index (χ4n) is 2.85. The predicted molar refractivity (Wildman–Crippen MR) is 103 cm³/mol. The molecule has 0 spiro atoms. The van der Waals surface area contributed by atoms with Crippen molar-refractivity contribution in [1.82, 2.24) is 9.78 Å². The molecule has 1 amide bonds. The molecule has 0 fully saturated rings. The number of primary sulfonamides is 1. The van der Waals surface area contributed by atoms with Gasteiger partial charge in [0.2, 0.25) is 15.9 Å². The Morgan fingerprint density at radius 3 is 2.55 bits per heavy atom. The number of hydrogen-bond acceptors (Lipinski definition) is 5. The highest BCUT2D eigenvalue weighted by molar-refractivity contribution is 7.89. The number of sulfonamides is 1. The maximum atomic E-state index is 13.1. The van der Waals surface area contributed by atoms with E-state index in [0.29, 0.717) is 0 Å². The minimum absolute atomic E-state index is 0.00919. The van der Waals surface area contributed by atoms with Crippen molar-refractivity contribution in [2.24, 2.45) is 5.14 Å². The summed E-state index contributed by atoms with van der Waals surface area (Å²) in [5.74, 6) is -0.782. The smallest absolute Gasteiger partial charge is 0.326 e. The molecule has 0 radical (unpaired) electrons. The lowest BCUT2D eigenvalue weighted by Crippen LogP contribution is -2.19. The number of hydrogen-bond donors (Lipinski definition) is 2. The first kappa shape index (κ1) is 22.0. The SMILES string of the molecule is N#Cc1cnn(-c2ccc(NC(=O)Cc3ccccc3C(F)(F)F)cc2S(N)(=O)=O)c1. The van der Waals surface area contributed by atoms with E-state index in [0.717, 1.165) is 16.8 Å².